The van der Waals surface area contributed by atoms with E-state index in [9.17, 15) is 4.79 Å². The molecule has 0 aromatic heterocycles. The number of fused-ring (bicyclic) bond motifs is 1. The van der Waals surface area contributed by atoms with E-state index in [1.165, 1.54) is 0 Å². The van der Waals surface area contributed by atoms with Crippen molar-refractivity contribution in [1.29, 1.82) is 0 Å². The quantitative estimate of drug-likeness (QED) is 0.798. The molecule has 0 amide bonds. The molecule has 1 aliphatic rings. The molecular formula is C15H10Cl2O4. The number of benzene rings is 2. The summed E-state index contributed by atoms with van der Waals surface area (Å²) < 4.78 is 15.7. The molecule has 0 saturated carbocycles. The highest BCUT2D eigenvalue weighted by atomic mass is 35.5. The number of halogens is 2. The molecule has 1 aliphatic heterocycles. The lowest BCUT2D eigenvalue weighted by Crippen LogP contribution is -2.05. The first kappa shape index (κ1) is 14.0. The number of ether oxygens (including phenoxy) is 3. The van der Waals surface area contributed by atoms with Crippen LogP contribution in [-0.4, -0.2) is 12.8 Å². The molecule has 0 N–H and O–H groups in total. The highest BCUT2D eigenvalue weighted by Crippen LogP contribution is 2.39. The Kier molecular flexibility index (Phi) is 3.90. The molecular weight excluding hydrogens is 315 g/mol. The Morgan fingerprint density at radius 1 is 1.14 bits per heavy atom. The Morgan fingerprint density at radius 3 is 2.76 bits per heavy atom. The van der Waals surface area contributed by atoms with Crippen LogP contribution in [0.2, 0.25) is 10.0 Å². The van der Waals surface area contributed by atoms with Crippen molar-refractivity contribution >= 4 is 29.2 Å². The van der Waals surface area contributed by atoms with Crippen LogP contribution >= 0.6 is 23.2 Å². The van der Waals surface area contributed by atoms with Crippen molar-refractivity contribution in [3.63, 3.8) is 0 Å². The van der Waals surface area contributed by atoms with Crippen LogP contribution in [0.5, 0.6) is 11.5 Å². The molecule has 0 unspecified atom stereocenters. The molecule has 0 atom stereocenters. The van der Waals surface area contributed by atoms with Gasteiger partial charge in [0.15, 0.2) is 11.5 Å². The van der Waals surface area contributed by atoms with Crippen LogP contribution in [-0.2, 0) is 11.3 Å². The molecule has 21 heavy (non-hydrogen) atoms. The van der Waals surface area contributed by atoms with Crippen LogP contribution < -0.4 is 9.47 Å². The maximum absolute atomic E-state index is 12.0. The van der Waals surface area contributed by atoms with Gasteiger partial charge < -0.3 is 14.2 Å². The molecule has 0 aliphatic carbocycles. The zero-order valence-corrected chi connectivity index (χ0v) is 12.3. The van der Waals surface area contributed by atoms with Crippen LogP contribution in [0.1, 0.15) is 15.9 Å². The summed E-state index contributed by atoms with van der Waals surface area (Å²) in [5.74, 6) is 0.568. The van der Waals surface area contributed by atoms with Crippen LogP contribution in [0.15, 0.2) is 36.4 Å². The van der Waals surface area contributed by atoms with Gasteiger partial charge in [0, 0.05) is 0 Å². The van der Waals surface area contributed by atoms with Crippen LogP contribution in [0, 0.1) is 0 Å². The van der Waals surface area contributed by atoms with E-state index in [0.29, 0.717) is 32.7 Å². The summed E-state index contributed by atoms with van der Waals surface area (Å²) in [6, 6.07) is 10.1. The highest BCUT2D eigenvalue weighted by Gasteiger charge is 2.19. The highest BCUT2D eigenvalue weighted by molar-refractivity contribution is 6.33. The van der Waals surface area contributed by atoms with E-state index in [-0.39, 0.29) is 13.4 Å². The number of carbonyl (C=O) groups is 1. The molecule has 0 bridgehead atoms. The zero-order valence-electron chi connectivity index (χ0n) is 10.8. The maximum atomic E-state index is 12.0. The first-order chi connectivity index (χ1) is 10.1. The molecule has 6 heteroatoms. The molecule has 2 aromatic rings. The van der Waals surface area contributed by atoms with Gasteiger partial charge in [0.25, 0.3) is 0 Å². The number of rotatable bonds is 3. The van der Waals surface area contributed by atoms with Gasteiger partial charge in [-0.25, -0.2) is 4.79 Å². The third kappa shape index (κ3) is 2.91. The van der Waals surface area contributed by atoms with Gasteiger partial charge >= 0.3 is 5.97 Å². The summed E-state index contributed by atoms with van der Waals surface area (Å²) in [6.07, 6.45) is 0. The average Bonchev–Trinajstić information content (AvgIpc) is 2.94. The minimum atomic E-state index is -0.491. The Labute approximate surface area is 131 Å². The Bertz CT molecular complexity index is 700. The molecule has 0 spiro atoms. The fourth-order valence-corrected chi connectivity index (χ4v) is 2.46. The normalized spacial score (nSPS) is 12.3. The number of esters is 1. The van der Waals surface area contributed by atoms with Gasteiger partial charge in [-0.1, -0.05) is 35.3 Å². The zero-order chi connectivity index (χ0) is 14.8. The van der Waals surface area contributed by atoms with Crippen LogP contribution in [0.3, 0.4) is 0 Å². The summed E-state index contributed by atoms with van der Waals surface area (Å²) in [7, 11) is 0. The van der Waals surface area contributed by atoms with Gasteiger partial charge in [0.2, 0.25) is 6.79 Å². The van der Waals surface area contributed by atoms with E-state index in [4.69, 9.17) is 37.4 Å². The van der Waals surface area contributed by atoms with Crippen molar-refractivity contribution < 1.29 is 19.0 Å². The molecule has 4 nitrogen and oxygen atoms in total. The van der Waals surface area contributed by atoms with E-state index in [1.54, 1.807) is 36.4 Å². The fraction of sp³-hybridized carbons (Fsp3) is 0.133. The second kappa shape index (κ2) is 5.84. The lowest BCUT2D eigenvalue weighted by atomic mass is 10.2. The lowest BCUT2D eigenvalue weighted by Gasteiger charge is -2.08. The predicted molar refractivity (Wildman–Crippen MR) is 78.1 cm³/mol. The monoisotopic (exact) mass is 324 g/mol. The molecule has 2 aromatic carbocycles. The van der Waals surface area contributed by atoms with Crippen LogP contribution in [0.4, 0.5) is 0 Å². The van der Waals surface area contributed by atoms with Crippen LogP contribution in [0.25, 0.3) is 0 Å². The van der Waals surface area contributed by atoms with E-state index >= 15 is 0 Å². The average molecular weight is 325 g/mol. The summed E-state index contributed by atoms with van der Waals surface area (Å²) in [5.41, 5.74) is 1.04. The van der Waals surface area contributed by atoms with Crippen molar-refractivity contribution in [2.24, 2.45) is 0 Å². The summed E-state index contributed by atoms with van der Waals surface area (Å²) in [4.78, 5) is 12.0. The molecule has 0 fully saturated rings. The van der Waals surface area contributed by atoms with Gasteiger partial charge in [-0.15, -0.1) is 0 Å². The second-order valence-electron chi connectivity index (χ2n) is 4.37. The summed E-state index contributed by atoms with van der Waals surface area (Å²) in [5, 5.41) is 0.778. The topological polar surface area (TPSA) is 44.8 Å². The van der Waals surface area contributed by atoms with Crippen molar-refractivity contribution in [3.8, 4) is 11.5 Å². The van der Waals surface area contributed by atoms with Gasteiger partial charge in [0.05, 0.1) is 15.6 Å². The second-order valence-corrected chi connectivity index (χ2v) is 5.18. The Hall–Kier alpha value is -1.91. The third-order valence-corrected chi connectivity index (χ3v) is 3.56. The number of hydrogen-bond donors (Lipinski definition) is 0. The van der Waals surface area contributed by atoms with Crippen molar-refractivity contribution in [2.75, 3.05) is 6.79 Å². The molecule has 108 valence electrons. The number of hydrogen-bond acceptors (Lipinski definition) is 4. The van der Waals surface area contributed by atoms with E-state index < -0.39 is 5.97 Å². The lowest BCUT2D eigenvalue weighted by molar-refractivity contribution is 0.0472. The van der Waals surface area contributed by atoms with E-state index in [0.717, 1.165) is 0 Å². The van der Waals surface area contributed by atoms with Gasteiger partial charge in [-0.2, -0.15) is 0 Å². The molecule has 1 heterocycles. The predicted octanol–water partition coefficient (Wildman–Crippen LogP) is 4.08. The van der Waals surface area contributed by atoms with Crippen molar-refractivity contribution in [3.05, 3.63) is 57.6 Å². The Balaban J connectivity index is 1.72. The van der Waals surface area contributed by atoms with Crippen molar-refractivity contribution in [1.82, 2.24) is 0 Å². The summed E-state index contributed by atoms with van der Waals surface area (Å²) >= 11 is 12.0. The SMILES string of the molecule is O=C(OCc1cc(Cl)c2c(c1)OCO2)c1ccccc1Cl. The standard InChI is InChI=1S/C15H10Cl2O4/c16-11-4-2-1-3-10(11)15(18)19-7-9-5-12(17)14-13(6-9)20-8-21-14/h1-6H,7-8H2. The minimum absolute atomic E-state index is 0.0699. The first-order valence-electron chi connectivity index (χ1n) is 6.15. The fourth-order valence-electron chi connectivity index (χ4n) is 1.96. The van der Waals surface area contributed by atoms with Gasteiger partial charge in [0.1, 0.15) is 6.61 Å². The smallest absolute Gasteiger partial charge is 0.339 e. The molecule has 0 saturated heterocycles. The van der Waals surface area contributed by atoms with E-state index in [2.05, 4.69) is 0 Å². The van der Waals surface area contributed by atoms with Gasteiger partial charge in [-0.05, 0) is 29.8 Å². The first-order valence-corrected chi connectivity index (χ1v) is 6.90. The maximum Gasteiger partial charge on any atom is 0.339 e. The Morgan fingerprint density at radius 2 is 1.95 bits per heavy atom. The largest absolute Gasteiger partial charge is 0.457 e. The summed E-state index contributed by atoms with van der Waals surface area (Å²) in [6.45, 7) is 0.207. The van der Waals surface area contributed by atoms with Gasteiger partial charge in [-0.3, -0.25) is 0 Å². The molecule has 0 radical (unpaired) electrons. The molecule has 3 rings (SSSR count). The van der Waals surface area contributed by atoms with E-state index in [1.807, 2.05) is 0 Å². The van der Waals surface area contributed by atoms with Crippen molar-refractivity contribution in [2.45, 2.75) is 6.61 Å². The minimum Gasteiger partial charge on any atom is -0.457 e. The number of carbonyl (C=O) groups excluding carboxylic acids is 1. The third-order valence-electron chi connectivity index (χ3n) is 2.95.